The van der Waals surface area contributed by atoms with Crippen molar-refractivity contribution in [3.8, 4) is 0 Å². The third-order valence-corrected chi connectivity index (χ3v) is 4.61. The van der Waals surface area contributed by atoms with Gasteiger partial charge in [-0.2, -0.15) is 0 Å². The lowest BCUT2D eigenvalue weighted by Crippen LogP contribution is -2.49. The smallest absolute Gasteiger partial charge is 0.293 e. The molecule has 26 heavy (non-hydrogen) atoms. The Morgan fingerprint density at radius 3 is 3.12 bits per heavy atom. The van der Waals surface area contributed by atoms with Gasteiger partial charge in [-0.05, 0) is 25.0 Å². The summed E-state index contributed by atoms with van der Waals surface area (Å²) in [5, 5.41) is 10.8. The summed E-state index contributed by atoms with van der Waals surface area (Å²) in [4.78, 5) is 31.0. The minimum atomic E-state index is -0.152. The van der Waals surface area contributed by atoms with Gasteiger partial charge < -0.3 is 14.8 Å². The standard InChI is InChI=1S/C17H19N7O2/c1-22-8-6-18-15(17(22)26)23-7-2-3-13(10-23)20-16(25)12-4-5-14-21-19-11-24(14)9-12/h4-6,8-9,11,13H,2-3,7,10H2,1H3,(H,20,25). The van der Waals surface area contributed by atoms with Crippen LogP contribution in [0.25, 0.3) is 5.65 Å². The first-order chi connectivity index (χ1) is 12.6. The summed E-state index contributed by atoms with van der Waals surface area (Å²) < 4.78 is 3.22. The van der Waals surface area contributed by atoms with E-state index in [0.29, 0.717) is 23.6 Å². The normalized spacial score (nSPS) is 17.4. The van der Waals surface area contributed by atoms with Crippen LogP contribution in [0.15, 0.2) is 41.8 Å². The van der Waals surface area contributed by atoms with E-state index in [4.69, 9.17) is 0 Å². The van der Waals surface area contributed by atoms with Gasteiger partial charge in [0.2, 0.25) is 0 Å². The molecule has 1 amide bonds. The molecule has 1 fully saturated rings. The zero-order valence-corrected chi connectivity index (χ0v) is 14.4. The van der Waals surface area contributed by atoms with E-state index in [1.165, 1.54) is 4.57 Å². The molecule has 0 bridgehead atoms. The molecule has 4 heterocycles. The lowest BCUT2D eigenvalue weighted by Gasteiger charge is -2.33. The van der Waals surface area contributed by atoms with Crippen LogP contribution in [0, 0.1) is 0 Å². The van der Waals surface area contributed by atoms with Crippen LogP contribution in [-0.4, -0.2) is 49.2 Å². The maximum absolute atomic E-state index is 12.6. The van der Waals surface area contributed by atoms with E-state index in [1.807, 2.05) is 4.90 Å². The molecule has 1 unspecified atom stereocenters. The molecular formula is C17H19N7O2. The molecule has 4 rings (SSSR count). The molecule has 3 aromatic heterocycles. The number of nitrogens with one attached hydrogen (secondary N) is 1. The minimum Gasteiger partial charge on any atom is -0.350 e. The van der Waals surface area contributed by atoms with Gasteiger partial charge in [0.05, 0.1) is 5.56 Å². The van der Waals surface area contributed by atoms with Crippen LogP contribution in [0.4, 0.5) is 5.82 Å². The van der Waals surface area contributed by atoms with E-state index in [0.717, 1.165) is 19.4 Å². The predicted octanol–water partition coefficient (Wildman–Crippen LogP) is 0.222. The Bertz CT molecular complexity index is 1010. The number of nitrogens with zero attached hydrogens (tertiary/aromatic N) is 6. The highest BCUT2D eigenvalue weighted by atomic mass is 16.2. The summed E-state index contributed by atoms with van der Waals surface area (Å²) in [7, 11) is 1.71. The van der Waals surface area contributed by atoms with Gasteiger partial charge >= 0.3 is 0 Å². The van der Waals surface area contributed by atoms with Crippen molar-refractivity contribution in [2.45, 2.75) is 18.9 Å². The molecule has 0 aromatic carbocycles. The first kappa shape index (κ1) is 16.2. The zero-order valence-electron chi connectivity index (χ0n) is 14.4. The number of amides is 1. The number of pyridine rings is 1. The van der Waals surface area contributed by atoms with Crippen molar-refractivity contribution in [3.63, 3.8) is 0 Å². The van der Waals surface area contributed by atoms with E-state index in [2.05, 4.69) is 20.5 Å². The molecule has 0 saturated carbocycles. The number of aromatic nitrogens is 5. The van der Waals surface area contributed by atoms with Crippen molar-refractivity contribution in [1.82, 2.24) is 29.5 Å². The lowest BCUT2D eigenvalue weighted by molar-refractivity contribution is 0.0932. The third kappa shape index (κ3) is 3.03. The molecule has 0 radical (unpaired) electrons. The SMILES string of the molecule is Cn1ccnc(N2CCCC(NC(=O)c3ccc4nncn4c3)C2)c1=O. The summed E-state index contributed by atoms with van der Waals surface area (Å²) in [6, 6.07) is 3.45. The van der Waals surface area contributed by atoms with Gasteiger partial charge in [-0.1, -0.05) is 0 Å². The first-order valence-electron chi connectivity index (χ1n) is 8.48. The number of rotatable bonds is 3. The number of carbonyl (C=O) groups excluding carboxylic acids is 1. The fourth-order valence-corrected chi connectivity index (χ4v) is 3.22. The molecule has 1 atom stereocenters. The van der Waals surface area contributed by atoms with Crippen LogP contribution in [0.2, 0.25) is 0 Å². The maximum atomic E-state index is 12.6. The molecule has 9 heteroatoms. The average molecular weight is 353 g/mol. The van der Waals surface area contributed by atoms with Crippen LogP contribution in [0.1, 0.15) is 23.2 Å². The second-order valence-corrected chi connectivity index (χ2v) is 6.44. The largest absolute Gasteiger partial charge is 0.350 e. The zero-order chi connectivity index (χ0) is 18.1. The number of aryl methyl sites for hydroxylation is 1. The Morgan fingerprint density at radius 1 is 1.35 bits per heavy atom. The monoisotopic (exact) mass is 353 g/mol. The Balaban J connectivity index is 1.48. The van der Waals surface area contributed by atoms with Crippen molar-refractivity contribution < 1.29 is 4.79 Å². The van der Waals surface area contributed by atoms with Gasteiger partial charge in [0.25, 0.3) is 11.5 Å². The highest BCUT2D eigenvalue weighted by Crippen LogP contribution is 2.15. The molecule has 9 nitrogen and oxygen atoms in total. The highest BCUT2D eigenvalue weighted by Gasteiger charge is 2.24. The van der Waals surface area contributed by atoms with Gasteiger partial charge in [-0.15, -0.1) is 10.2 Å². The number of anilines is 1. The quantitative estimate of drug-likeness (QED) is 0.724. The molecule has 1 saturated heterocycles. The van der Waals surface area contributed by atoms with Crippen LogP contribution in [-0.2, 0) is 7.05 Å². The van der Waals surface area contributed by atoms with Crippen LogP contribution in [0.5, 0.6) is 0 Å². The van der Waals surface area contributed by atoms with E-state index >= 15 is 0 Å². The molecule has 3 aromatic rings. The number of hydrogen-bond acceptors (Lipinski definition) is 6. The summed E-state index contributed by atoms with van der Waals surface area (Å²) in [5.41, 5.74) is 1.11. The van der Waals surface area contributed by atoms with Crippen LogP contribution >= 0.6 is 0 Å². The maximum Gasteiger partial charge on any atom is 0.293 e. The highest BCUT2D eigenvalue weighted by molar-refractivity contribution is 5.94. The fourth-order valence-electron chi connectivity index (χ4n) is 3.22. The Labute approximate surface area is 149 Å². The average Bonchev–Trinajstić information content (AvgIpc) is 3.12. The topological polar surface area (TPSA) is 97.4 Å². The Hall–Kier alpha value is -3.23. The van der Waals surface area contributed by atoms with Gasteiger partial charge in [0.1, 0.15) is 6.33 Å². The number of carbonyl (C=O) groups is 1. The molecule has 1 N–H and O–H groups in total. The predicted molar refractivity (Wildman–Crippen MR) is 95.2 cm³/mol. The molecular weight excluding hydrogens is 334 g/mol. The van der Waals surface area contributed by atoms with Crippen molar-refractivity contribution in [1.29, 1.82) is 0 Å². The minimum absolute atomic E-state index is 0.0421. The van der Waals surface area contributed by atoms with Crippen LogP contribution in [0.3, 0.4) is 0 Å². The van der Waals surface area contributed by atoms with Crippen molar-refractivity contribution in [3.05, 3.63) is 53.0 Å². The molecule has 1 aliphatic heterocycles. The molecule has 1 aliphatic rings. The lowest BCUT2D eigenvalue weighted by atomic mass is 10.1. The summed E-state index contributed by atoms with van der Waals surface area (Å²) in [6.45, 7) is 1.32. The first-order valence-corrected chi connectivity index (χ1v) is 8.48. The number of piperidine rings is 1. The summed E-state index contributed by atoms with van der Waals surface area (Å²) >= 11 is 0. The second kappa shape index (κ2) is 6.58. The Kier molecular flexibility index (Phi) is 4.11. The van der Waals surface area contributed by atoms with Crippen LogP contribution < -0.4 is 15.8 Å². The summed E-state index contributed by atoms with van der Waals surface area (Å²) in [5.74, 6) is 0.279. The van der Waals surface area contributed by atoms with Gasteiger partial charge in [-0.25, -0.2) is 4.98 Å². The van der Waals surface area contributed by atoms with E-state index in [1.54, 1.807) is 48.5 Å². The van der Waals surface area contributed by atoms with E-state index in [-0.39, 0.29) is 17.5 Å². The fraction of sp³-hybridized carbons (Fsp3) is 0.353. The molecule has 134 valence electrons. The van der Waals surface area contributed by atoms with Crippen molar-refractivity contribution in [2.24, 2.45) is 7.05 Å². The van der Waals surface area contributed by atoms with Gasteiger partial charge in [0, 0.05) is 44.8 Å². The number of hydrogen-bond donors (Lipinski definition) is 1. The van der Waals surface area contributed by atoms with Gasteiger partial charge in [0.15, 0.2) is 11.5 Å². The van der Waals surface area contributed by atoms with Crippen molar-refractivity contribution in [2.75, 3.05) is 18.0 Å². The third-order valence-electron chi connectivity index (χ3n) is 4.61. The Morgan fingerprint density at radius 2 is 2.23 bits per heavy atom. The molecule has 0 aliphatic carbocycles. The molecule has 0 spiro atoms. The van der Waals surface area contributed by atoms with E-state index < -0.39 is 0 Å². The van der Waals surface area contributed by atoms with E-state index in [9.17, 15) is 9.59 Å². The van der Waals surface area contributed by atoms with Gasteiger partial charge in [-0.3, -0.25) is 14.0 Å². The number of fused-ring (bicyclic) bond motifs is 1. The summed E-state index contributed by atoms with van der Waals surface area (Å²) in [6.07, 6.45) is 8.27. The van der Waals surface area contributed by atoms with Crippen molar-refractivity contribution >= 4 is 17.4 Å². The second-order valence-electron chi connectivity index (χ2n) is 6.44.